The number of hydrogen-bond acceptors (Lipinski definition) is 2. The van der Waals surface area contributed by atoms with Gasteiger partial charge in [0.2, 0.25) is 5.91 Å². The lowest BCUT2D eigenvalue weighted by Gasteiger charge is -2.40. The molecule has 1 N–H and O–H groups in total. The van der Waals surface area contributed by atoms with Gasteiger partial charge in [0.05, 0.1) is 0 Å². The molecule has 0 saturated carbocycles. The number of hydrogen-bond donors (Lipinski definition) is 1. The van der Waals surface area contributed by atoms with Gasteiger partial charge in [0.15, 0.2) is 0 Å². The van der Waals surface area contributed by atoms with Crippen molar-refractivity contribution in [1.82, 2.24) is 10.2 Å². The highest BCUT2D eigenvalue weighted by Gasteiger charge is 2.48. The zero-order valence-corrected chi connectivity index (χ0v) is 10.3. The van der Waals surface area contributed by atoms with E-state index in [2.05, 4.69) is 0 Å². The third-order valence-corrected chi connectivity index (χ3v) is 2.96. The summed E-state index contributed by atoms with van der Waals surface area (Å²) in [6.07, 6.45) is -10.6. The molecular formula is C10H12F6N2O2. The Morgan fingerprint density at radius 3 is 2.05 bits per heavy atom. The van der Waals surface area contributed by atoms with E-state index in [1.165, 1.54) is 0 Å². The summed E-state index contributed by atoms with van der Waals surface area (Å²) in [4.78, 5) is 22.3. The Bertz CT molecular complexity index is 392. The number of likely N-dealkylation sites (tertiary alicyclic amines) is 1. The number of nitrogens with one attached hydrogen (secondary N) is 1. The van der Waals surface area contributed by atoms with Gasteiger partial charge < -0.3 is 10.2 Å². The molecule has 0 aromatic rings. The molecule has 0 aliphatic carbocycles. The number of carbonyl (C=O) groups excluding carboxylic acids is 2. The number of halogens is 6. The molecule has 1 saturated heterocycles. The van der Waals surface area contributed by atoms with E-state index in [1.807, 2.05) is 0 Å². The van der Waals surface area contributed by atoms with Crippen LogP contribution in [0.25, 0.3) is 0 Å². The molecule has 2 amide bonds. The van der Waals surface area contributed by atoms with Crippen LogP contribution in [0.3, 0.4) is 0 Å². The highest BCUT2D eigenvalue weighted by Crippen LogP contribution is 2.32. The lowest BCUT2D eigenvalue weighted by molar-refractivity contribution is -0.197. The van der Waals surface area contributed by atoms with E-state index in [0.717, 1.165) is 6.92 Å². The standard InChI is InChI=1S/C10H12F6N2O2/c1-5(19)18-4-6(17-8(20)10(14,15)16)2-3-7(18)9(11,12)13/h6-7H,2-4H2,1H3,(H,17,20)/t6-,7-/m1/s1. The number of piperidine rings is 1. The summed E-state index contributed by atoms with van der Waals surface area (Å²) in [6.45, 7) is 0.300. The summed E-state index contributed by atoms with van der Waals surface area (Å²) < 4.78 is 74.2. The maximum atomic E-state index is 12.7. The zero-order chi connectivity index (χ0) is 15.7. The predicted molar refractivity (Wildman–Crippen MR) is 54.4 cm³/mol. The molecule has 10 heteroatoms. The predicted octanol–water partition coefficient (Wildman–Crippen LogP) is 1.61. The monoisotopic (exact) mass is 306 g/mol. The molecule has 1 fully saturated rings. The average molecular weight is 306 g/mol. The fourth-order valence-electron chi connectivity index (χ4n) is 2.04. The van der Waals surface area contributed by atoms with Crippen LogP contribution in [0.1, 0.15) is 19.8 Å². The van der Waals surface area contributed by atoms with Gasteiger partial charge in [-0.1, -0.05) is 0 Å². The van der Waals surface area contributed by atoms with Crippen LogP contribution in [0, 0.1) is 0 Å². The molecule has 0 spiro atoms. The van der Waals surface area contributed by atoms with Crippen molar-refractivity contribution in [3.05, 3.63) is 0 Å². The molecule has 1 aliphatic rings. The van der Waals surface area contributed by atoms with E-state index in [-0.39, 0.29) is 6.42 Å². The third-order valence-electron chi connectivity index (χ3n) is 2.96. The normalized spacial score (nSPS) is 24.4. The van der Waals surface area contributed by atoms with Crippen LogP contribution in [-0.4, -0.2) is 47.7 Å². The highest BCUT2D eigenvalue weighted by molar-refractivity contribution is 5.82. The molecule has 20 heavy (non-hydrogen) atoms. The maximum Gasteiger partial charge on any atom is 0.471 e. The Hall–Kier alpha value is -1.48. The first-order valence-corrected chi connectivity index (χ1v) is 5.64. The van der Waals surface area contributed by atoms with Gasteiger partial charge >= 0.3 is 18.3 Å². The molecule has 0 radical (unpaired) electrons. The maximum absolute atomic E-state index is 12.7. The Morgan fingerprint density at radius 1 is 1.10 bits per heavy atom. The topological polar surface area (TPSA) is 49.4 Å². The molecule has 0 aromatic heterocycles. The summed E-state index contributed by atoms with van der Waals surface area (Å²) in [6, 6.07) is -3.18. The minimum atomic E-state index is -5.11. The number of nitrogens with zero attached hydrogens (tertiary/aromatic N) is 1. The van der Waals surface area contributed by atoms with Crippen LogP contribution < -0.4 is 5.32 Å². The second kappa shape index (κ2) is 5.49. The Morgan fingerprint density at radius 2 is 1.65 bits per heavy atom. The van der Waals surface area contributed by atoms with Crippen molar-refractivity contribution in [2.24, 2.45) is 0 Å². The van der Waals surface area contributed by atoms with Gasteiger partial charge in [-0.15, -0.1) is 0 Å². The molecule has 4 nitrogen and oxygen atoms in total. The number of amides is 2. The van der Waals surface area contributed by atoms with Crippen molar-refractivity contribution < 1.29 is 35.9 Å². The van der Waals surface area contributed by atoms with Gasteiger partial charge in [-0.3, -0.25) is 9.59 Å². The minimum Gasteiger partial charge on any atom is -0.344 e. The van der Waals surface area contributed by atoms with Crippen LogP contribution >= 0.6 is 0 Å². The van der Waals surface area contributed by atoms with Crippen LogP contribution in [0.2, 0.25) is 0 Å². The van der Waals surface area contributed by atoms with E-state index >= 15 is 0 Å². The molecule has 0 bridgehead atoms. The zero-order valence-electron chi connectivity index (χ0n) is 10.3. The minimum absolute atomic E-state index is 0.282. The Balaban J connectivity index is 2.75. The molecule has 1 aliphatic heterocycles. The highest BCUT2D eigenvalue weighted by atomic mass is 19.4. The lowest BCUT2D eigenvalue weighted by Crippen LogP contribution is -2.58. The van der Waals surface area contributed by atoms with E-state index in [4.69, 9.17) is 0 Å². The lowest BCUT2D eigenvalue weighted by atomic mass is 9.97. The smallest absolute Gasteiger partial charge is 0.344 e. The van der Waals surface area contributed by atoms with Crippen LogP contribution in [0.5, 0.6) is 0 Å². The molecule has 0 aromatic carbocycles. The Labute approximate surface area is 110 Å². The van der Waals surface area contributed by atoms with Crippen molar-refractivity contribution in [3.8, 4) is 0 Å². The molecule has 0 unspecified atom stereocenters. The van der Waals surface area contributed by atoms with Gasteiger partial charge in [-0.05, 0) is 12.8 Å². The van der Waals surface area contributed by atoms with Gasteiger partial charge in [0.25, 0.3) is 0 Å². The average Bonchev–Trinajstić information content (AvgIpc) is 2.25. The summed E-state index contributed by atoms with van der Waals surface area (Å²) in [5.41, 5.74) is 0. The first-order chi connectivity index (χ1) is 8.93. The first-order valence-electron chi connectivity index (χ1n) is 5.64. The van der Waals surface area contributed by atoms with Gasteiger partial charge in [-0.2, -0.15) is 26.3 Å². The van der Waals surface area contributed by atoms with Crippen molar-refractivity contribution in [1.29, 1.82) is 0 Å². The number of rotatable bonds is 1. The molecule has 1 rings (SSSR count). The second-order valence-corrected chi connectivity index (χ2v) is 4.47. The van der Waals surface area contributed by atoms with Crippen LogP contribution in [0.4, 0.5) is 26.3 Å². The number of carbonyl (C=O) groups is 2. The van der Waals surface area contributed by atoms with Crippen molar-refractivity contribution in [2.45, 2.75) is 44.2 Å². The summed E-state index contributed by atoms with van der Waals surface area (Å²) >= 11 is 0. The fraction of sp³-hybridized carbons (Fsp3) is 0.800. The van der Waals surface area contributed by atoms with E-state index in [0.29, 0.717) is 4.90 Å². The van der Waals surface area contributed by atoms with Crippen LogP contribution in [0.15, 0.2) is 0 Å². The molecule has 116 valence electrons. The van der Waals surface area contributed by atoms with E-state index < -0.39 is 49.2 Å². The van der Waals surface area contributed by atoms with Crippen LogP contribution in [-0.2, 0) is 9.59 Å². The fourth-order valence-corrected chi connectivity index (χ4v) is 2.04. The SMILES string of the molecule is CC(=O)N1C[C@H](NC(=O)C(F)(F)F)CC[C@@H]1C(F)(F)F. The van der Waals surface area contributed by atoms with Gasteiger partial charge in [-0.25, -0.2) is 0 Å². The summed E-state index contributed by atoms with van der Waals surface area (Å²) in [7, 11) is 0. The second-order valence-electron chi connectivity index (χ2n) is 4.47. The van der Waals surface area contributed by atoms with Crippen molar-refractivity contribution in [2.75, 3.05) is 6.54 Å². The van der Waals surface area contributed by atoms with Crippen molar-refractivity contribution >= 4 is 11.8 Å². The van der Waals surface area contributed by atoms with Crippen molar-refractivity contribution in [3.63, 3.8) is 0 Å². The van der Waals surface area contributed by atoms with Gasteiger partial charge in [0.1, 0.15) is 6.04 Å². The van der Waals surface area contributed by atoms with E-state index in [1.54, 1.807) is 5.32 Å². The third kappa shape index (κ3) is 4.01. The van der Waals surface area contributed by atoms with Gasteiger partial charge in [0, 0.05) is 19.5 Å². The molecule has 1 heterocycles. The first kappa shape index (κ1) is 16.6. The summed E-state index contributed by atoms with van der Waals surface area (Å²) in [5, 5.41) is 1.59. The Kier molecular flexibility index (Phi) is 4.55. The number of alkyl halides is 6. The molecule has 2 atom stereocenters. The summed E-state index contributed by atoms with van der Waals surface area (Å²) in [5.74, 6) is -3.13. The van der Waals surface area contributed by atoms with E-state index in [9.17, 15) is 35.9 Å². The quantitative estimate of drug-likeness (QED) is 0.748. The largest absolute Gasteiger partial charge is 0.471 e. The molecular weight excluding hydrogens is 294 g/mol.